The normalized spacial score (nSPS) is 14.1. The Kier molecular flexibility index (Phi) is 5.57. The van der Waals surface area contributed by atoms with E-state index in [2.05, 4.69) is 20.3 Å². The van der Waals surface area contributed by atoms with E-state index in [4.69, 9.17) is 4.74 Å². The number of benzene rings is 1. The van der Waals surface area contributed by atoms with E-state index in [1.165, 1.54) is 0 Å². The molecule has 3 aromatic rings. The van der Waals surface area contributed by atoms with Crippen LogP contribution >= 0.6 is 0 Å². The van der Waals surface area contributed by atoms with E-state index in [1.54, 1.807) is 10.9 Å². The van der Waals surface area contributed by atoms with Crippen molar-refractivity contribution in [2.24, 2.45) is 0 Å². The summed E-state index contributed by atoms with van der Waals surface area (Å²) >= 11 is 0. The number of hydrogen-bond donors (Lipinski definition) is 1. The molecule has 7 heteroatoms. The van der Waals surface area contributed by atoms with Gasteiger partial charge in [0.2, 0.25) is 0 Å². The Morgan fingerprint density at radius 3 is 2.69 bits per heavy atom. The van der Waals surface area contributed by atoms with Crippen molar-refractivity contribution < 1.29 is 9.53 Å². The molecule has 150 valence electrons. The van der Waals surface area contributed by atoms with Gasteiger partial charge < -0.3 is 15.0 Å². The highest BCUT2D eigenvalue weighted by molar-refractivity contribution is 5.95. The number of nitrogens with zero attached hydrogens (tertiary/aromatic N) is 4. The number of aromatic nitrogens is 3. The number of hydrogen-bond acceptors (Lipinski definition) is 5. The van der Waals surface area contributed by atoms with Crippen LogP contribution in [0.15, 0.2) is 48.8 Å². The third-order valence-electron chi connectivity index (χ3n) is 5.10. The molecular formula is C22H25N5O2. The van der Waals surface area contributed by atoms with Gasteiger partial charge in [-0.2, -0.15) is 5.10 Å². The predicted octanol–water partition coefficient (Wildman–Crippen LogP) is 2.65. The fourth-order valence-corrected chi connectivity index (χ4v) is 3.43. The monoisotopic (exact) mass is 391 g/mol. The number of ether oxygens (including phenoxy) is 1. The minimum atomic E-state index is -0.140. The third-order valence-corrected chi connectivity index (χ3v) is 5.10. The molecule has 1 aliphatic rings. The van der Waals surface area contributed by atoms with Crippen LogP contribution in [0.4, 0.5) is 5.82 Å². The highest BCUT2D eigenvalue weighted by Gasteiger charge is 2.16. The molecule has 1 aliphatic heterocycles. The maximum Gasteiger partial charge on any atom is 0.255 e. The first kappa shape index (κ1) is 19.1. The Morgan fingerprint density at radius 2 is 1.97 bits per heavy atom. The Morgan fingerprint density at radius 1 is 1.14 bits per heavy atom. The summed E-state index contributed by atoms with van der Waals surface area (Å²) in [7, 11) is 0. The summed E-state index contributed by atoms with van der Waals surface area (Å²) in [4.78, 5) is 19.4. The van der Waals surface area contributed by atoms with Crippen molar-refractivity contribution in [3.05, 3.63) is 71.2 Å². The lowest BCUT2D eigenvalue weighted by Crippen LogP contribution is -2.36. The first-order valence-corrected chi connectivity index (χ1v) is 9.79. The maximum atomic E-state index is 12.7. The molecule has 0 aliphatic carbocycles. The minimum Gasteiger partial charge on any atom is -0.378 e. The summed E-state index contributed by atoms with van der Waals surface area (Å²) in [5.41, 5.74) is 4.44. The van der Waals surface area contributed by atoms with E-state index in [9.17, 15) is 4.79 Å². The fraction of sp³-hybridized carbons (Fsp3) is 0.318. The quantitative estimate of drug-likeness (QED) is 0.724. The highest BCUT2D eigenvalue weighted by atomic mass is 16.5. The molecule has 0 unspecified atom stereocenters. The first-order valence-electron chi connectivity index (χ1n) is 9.79. The largest absolute Gasteiger partial charge is 0.378 e. The maximum absolute atomic E-state index is 12.7. The summed E-state index contributed by atoms with van der Waals surface area (Å²) in [6.07, 6.45) is 3.43. The molecule has 3 heterocycles. The molecule has 1 amide bonds. The molecule has 0 atom stereocenters. The number of amides is 1. The Hall–Kier alpha value is -3.19. The average Bonchev–Trinajstić information content (AvgIpc) is 3.14. The molecule has 29 heavy (non-hydrogen) atoms. The van der Waals surface area contributed by atoms with Gasteiger partial charge in [-0.25, -0.2) is 9.67 Å². The molecular weight excluding hydrogens is 366 g/mol. The molecule has 0 saturated carbocycles. The van der Waals surface area contributed by atoms with E-state index in [1.807, 2.05) is 56.4 Å². The van der Waals surface area contributed by atoms with Gasteiger partial charge in [-0.05, 0) is 43.2 Å². The fourth-order valence-electron chi connectivity index (χ4n) is 3.43. The van der Waals surface area contributed by atoms with Gasteiger partial charge in [-0.3, -0.25) is 4.79 Å². The third kappa shape index (κ3) is 4.30. The van der Waals surface area contributed by atoms with Crippen LogP contribution in [0.1, 0.15) is 27.2 Å². The van der Waals surface area contributed by atoms with Crippen molar-refractivity contribution in [1.29, 1.82) is 0 Å². The Labute approximate surface area is 170 Å². The first-order chi connectivity index (χ1) is 14.1. The van der Waals surface area contributed by atoms with Gasteiger partial charge in [0, 0.05) is 25.8 Å². The molecule has 0 spiro atoms. The van der Waals surface area contributed by atoms with Gasteiger partial charge in [0.05, 0.1) is 36.4 Å². The molecule has 1 saturated heterocycles. The summed E-state index contributed by atoms with van der Waals surface area (Å²) in [5.74, 6) is 0.803. The molecule has 2 aromatic heterocycles. The zero-order valence-corrected chi connectivity index (χ0v) is 16.8. The molecule has 1 fully saturated rings. The number of carbonyl (C=O) groups excluding carboxylic acids is 1. The van der Waals surface area contributed by atoms with E-state index < -0.39 is 0 Å². The van der Waals surface area contributed by atoms with Crippen molar-refractivity contribution in [3.8, 4) is 5.69 Å². The van der Waals surface area contributed by atoms with Gasteiger partial charge in [-0.15, -0.1) is 0 Å². The van der Waals surface area contributed by atoms with E-state index in [0.717, 1.165) is 54.6 Å². The number of pyridine rings is 1. The second-order valence-electron chi connectivity index (χ2n) is 7.20. The summed E-state index contributed by atoms with van der Waals surface area (Å²) in [5, 5.41) is 7.36. The second kappa shape index (κ2) is 8.45. The van der Waals surface area contributed by atoms with Gasteiger partial charge in [0.15, 0.2) is 0 Å². The van der Waals surface area contributed by atoms with Crippen LogP contribution < -0.4 is 10.2 Å². The molecule has 0 radical (unpaired) electrons. The smallest absolute Gasteiger partial charge is 0.255 e. The number of anilines is 1. The molecule has 0 bridgehead atoms. The summed E-state index contributed by atoms with van der Waals surface area (Å²) in [6, 6.07) is 12.0. The zero-order chi connectivity index (χ0) is 20.2. The van der Waals surface area contributed by atoms with Crippen molar-refractivity contribution in [3.63, 3.8) is 0 Å². The lowest BCUT2D eigenvalue weighted by Gasteiger charge is -2.27. The SMILES string of the molecule is Cc1cccc(-n2ncc(C(=O)NCc3ccc(N4CCOCC4)nc3)c2C)c1. The Bertz CT molecular complexity index is 991. The van der Waals surface area contributed by atoms with Gasteiger partial charge in [0.1, 0.15) is 5.82 Å². The molecule has 1 aromatic carbocycles. The number of nitrogens with one attached hydrogen (secondary N) is 1. The summed E-state index contributed by atoms with van der Waals surface area (Å²) in [6.45, 7) is 7.53. The molecule has 1 N–H and O–H groups in total. The van der Waals surface area contributed by atoms with E-state index in [0.29, 0.717) is 12.1 Å². The zero-order valence-electron chi connectivity index (χ0n) is 16.8. The van der Waals surface area contributed by atoms with Crippen molar-refractivity contribution in [2.75, 3.05) is 31.2 Å². The number of carbonyl (C=O) groups is 1. The number of morpholine rings is 1. The van der Waals surface area contributed by atoms with Crippen LogP contribution in [0, 0.1) is 13.8 Å². The predicted molar refractivity (Wildman–Crippen MR) is 111 cm³/mol. The van der Waals surface area contributed by atoms with Crippen molar-refractivity contribution >= 4 is 11.7 Å². The highest BCUT2D eigenvalue weighted by Crippen LogP contribution is 2.16. The molecule has 4 rings (SSSR count). The van der Waals surface area contributed by atoms with E-state index in [-0.39, 0.29) is 5.91 Å². The van der Waals surface area contributed by atoms with Crippen LogP contribution in [0.3, 0.4) is 0 Å². The van der Waals surface area contributed by atoms with Crippen LogP contribution in [0.25, 0.3) is 5.69 Å². The molecule has 7 nitrogen and oxygen atoms in total. The van der Waals surface area contributed by atoms with Crippen molar-refractivity contribution in [1.82, 2.24) is 20.1 Å². The topological polar surface area (TPSA) is 72.3 Å². The lowest BCUT2D eigenvalue weighted by atomic mass is 10.2. The number of rotatable bonds is 5. The van der Waals surface area contributed by atoms with Gasteiger partial charge >= 0.3 is 0 Å². The lowest BCUT2D eigenvalue weighted by molar-refractivity contribution is 0.0950. The van der Waals surface area contributed by atoms with Crippen LogP contribution in [0.5, 0.6) is 0 Å². The van der Waals surface area contributed by atoms with Crippen LogP contribution in [-0.2, 0) is 11.3 Å². The second-order valence-corrected chi connectivity index (χ2v) is 7.20. The van der Waals surface area contributed by atoms with E-state index >= 15 is 0 Å². The Balaban J connectivity index is 1.40. The summed E-state index contributed by atoms with van der Waals surface area (Å²) < 4.78 is 7.17. The minimum absolute atomic E-state index is 0.140. The van der Waals surface area contributed by atoms with Crippen LogP contribution in [-0.4, -0.2) is 47.0 Å². The van der Waals surface area contributed by atoms with Gasteiger partial charge in [-0.1, -0.05) is 18.2 Å². The van der Waals surface area contributed by atoms with Crippen LogP contribution in [0.2, 0.25) is 0 Å². The van der Waals surface area contributed by atoms with Gasteiger partial charge in [0.25, 0.3) is 5.91 Å². The average molecular weight is 391 g/mol. The van der Waals surface area contributed by atoms with Crippen molar-refractivity contribution in [2.45, 2.75) is 20.4 Å². The number of aryl methyl sites for hydroxylation is 1. The standard InChI is InChI=1S/C22H25N5O2/c1-16-4-3-5-19(12-16)27-17(2)20(15-25-27)22(28)24-14-18-6-7-21(23-13-18)26-8-10-29-11-9-26/h3-7,12-13,15H,8-11,14H2,1-2H3,(H,24,28).